The third kappa shape index (κ3) is 11.1. The van der Waals surface area contributed by atoms with Gasteiger partial charge in [-0.05, 0) is 12.8 Å². The monoisotopic (exact) mass is 403 g/mol. The Labute approximate surface area is 177 Å². The Balaban J connectivity index is 2.05. The van der Waals surface area contributed by atoms with Crippen LogP contribution in [0.4, 0.5) is 0 Å². The second kappa shape index (κ2) is 16.0. The van der Waals surface area contributed by atoms with Gasteiger partial charge < -0.3 is 9.67 Å². The summed E-state index contributed by atoms with van der Waals surface area (Å²) in [6.07, 6.45) is 25.1. The van der Waals surface area contributed by atoms with E-state index >= 15 is 0 Å². The van der Waals surface area contributed by atoms with Crippen molar-refractivity contribution in [3.05, 3.63) is 34.3 Å². The van der Waals surface area contributed by atoms with Crippen molar-refractivity contribution in [2.75, 3.05) is 0 Å². The number of rotatable bonds is 17. The first-order valence-electron chi connectivity index (χ1n) is 11.7. The van der Waals surface area contributed by atoms with E-state index in [-0.39, 0.29) is 11.5 Å². The second-order valence-electron chi connectivity index (χ2n) is 8.11. The van der Waals surface area contributed by atoms with Crippen molar-refractivity contribution in [1.29, 1.82) is 0 Å². The van der Waals surface area contributed by atoms with Crippen LogP contribution in [0.25, 0.3) is 6.20 Å². The highest BCUT2D eigenvalue weighted by Gasteiger charge is 2.12. The lowest BCUT2D eigenvalue weighted by Gasteiger charge is -2.07. The first-order valence-corrected chi connectivity index (χ1v) is 11.7. The van der Waals surface area contributed by atoms with Crippen LogP contribution in [0, 0.1) is 0 Å². The Morgan fingerprint density at radius 1 is 0.897 bits per heavy atom. The lowest BCUT2D eigenvalue weighted by atomic mass is 10.0. The predicted molar refractivity (Wildman–Crippen MR) is 123 cm³/mol. The minimum absolute atomic E-state index is 0.0507. The van der Waals surface area contributed by atoms with E-state index in [2.05, 4.69) is 6.92 Å². The Kier molecular flexibility index (Phi) is 13.9. The first-order chi connectivity index (χ1) is 14.1. The number of aromatic hydroxyl groups is 1. The van der Waals surface area contributed by atoms with Crippen LogP contribution in [0.1, 0.15) is 121 Å². The van der Waals surface area contributed by atoms with E-state index < -0.39 is 11.2 Å². The molecule has 0 bridgehead atoms. The number of unbranched alkanes of at least 4 members (excludes halogenated alkanes) is 14. The first kappa shape index (κ1) is 25.2. The van der Waals surface area contributed by atoms with Gasteiger partial charge in [0.15, 0.2) is 11.5 Å². The molecule has 1 rings (SSSR count). The zero-order valence-electron chi connectivity index (χ0n) is 18.6. The van der Waals surface area contributed by atoms with Crippen LogP contribution in [-0.4, -0.2) is 15.5 Å². The molecule has 0 atom stereocenters. The number of carbonyl (C=O) groups is 1. The summed E-state index contributed by atoms with van der Waals surface area (Å²) in [5.41, 5.74) is -0.471. The summed E-state index contributed by atoms with van der Waals surface area (Å²) in [5, 5.41) is 9.80. The standard InChI is InChI=1S/C25H41NO3/c1-3-4-5-6-7-8-9-10-11-12-13-14-15-16-17-18-20-26-21-19-23(28)25(29)24(26)22(2)27/h18-21,29H,3-17H2,1-2H3. The molecule has 0 unspecified atom stereocenters. The Hall–Kier alpha value is -1.84. The van der Waals surface area contributed by atoms with E-state index in [4.69, 9.17) is 0 Å². The van der Waals surface area contributed by atoms with E-state index in [9.17, 15) is 14.7 Å². The van der Waals surface area contributed by atoms with Crippen LogP contribution in [0.5, 0.6) is 5.75 Å². The predicted octanol–water partition coefficient (Wildman–Crippen LogP) is 7.10. The number of Topliss-reactive ketones (excluding diaryl/α,β-unsaturated/α-hetero) is 1. The van der Waals surface area contributed by atoms with Crippen molar-refractivity contribution in [2.45, 2.75) is 110 Å². The Bertz CT molecular complexity index is 661. The number of allylic oxidation sites excluding steroid dienone is 1. The van der Waals surface area contributed by atoms with E-state index in [1.54, 1.807) is 6.20 Å². The van der Waals surface area contributed by atoms with Crippen LogP contribution < -0.4 is 5.43 Å². The highest BCUT2D eigenvalue weighted by Crippen LogP contribution is 2.15. The van der Waals surface area contributed by atoms with Gasteiger partial charge in [-0.15, -0.1) is 0 Å². The summed E-state index contributed by atoms with van der Waals surface area (Å²) >= 11 is 0. The molecule has 0 aliphatic carbocycles. The molecule has 0 saturated heterocycles. The van der Waals surface area contributed by atoms with Crippen LogP contribution >= 0.6 is 0 Å². The molecule has 0 amide bonds. The van der Waals surface area contributed by atoms with E-state index in [1.165, 1.54) is 107 Å². The summed E-state index contributed by atoms with van der Waals surface area (Å²) in [6.45, 7) is 3.62. The third-order valence-corrected chi connectivity index (χ3v) is 5.43. The summed E-state index contributed by atoms with van der Waals surface area (Å²) in [5.74, 6) is -0.789. The van der Waals surface area contributed by atoms with Crippen molar-refractivity contribution in [3.63, 3.8) is 0 Å². The maximum Gasteiger partial charge on any atom is 0.223 e. The van der Waals surface area contributed by atoms with Gasteiger partial charge in [-0.25, -0.2) is 0 Å². The zero-order valence-corrected chi connectivity index (χ0v) is 18.6. The number of aromatic nitrogens is 1. The summed E-state index contributed by atoms with van der Waals surface area (Å²) < 4.78 is 1.53. The topological polar surface area (TPSA) is 59.3 Å². The van der Waals surface area contributed by atoms with E-state index in [0.29, 0.717) is 0 Å². The molecular weight excluding hydrogens is 362 g/mol. The molecule has 1 heterocycles. The number of ketones is 1. The maximum atomic E-state index is 11.7. The Morgan fingerprint density at radius 3 is 1.86 bits per heavy atom. The van der Waals surface area contributed by atoms with Gasteiger partial charge >= 0.3 is 0 Å². The zero-order chi connectivity index (χ0) is 21.3. The molecule has 0 saturated carbocycles. The second-order valence-corrected chi connectivity index (χ2v) is 8.11. The molecule has 0 spiro atoms. The summed E-state index contributed by atoms with van der Waals surface area (Å²) in [4.78, 5) is 23.1. The van der Waals surface area contributed by atoms with Crippen LogP contribution in [-0.2, 0) is 0 Å². The van der Waals surface area contributed by atoms with Crippen molar-refractivity contribution >= 4 is 12.0 Å². The smallest absolute Gasteiger partial charge is 0.223 e. The minimum Gasteiger partial charge on any atom is -0.503 e. The SMILES string of the molecule is CCCCCCCCCCCCCCCCC=Cn1ccc(=O)c(O)c1C(C)=O. The number of hydrogen-bond acceptors (Lipinski definition) is 3. The molecule has 4 heteroatoms. The van der Waals surface area contributed by atoms with Gasteiger partial charge in [-0.3, -0.25) is 9.59 Å². The molecular formula is C25H41NO3. The Morgan fingerprint density at radius 2 is 1.38 bits per heavy atom. The normalized spacial score (nSPS) is 11.4. The fraction of sp³-hybridized carbons (Fsp3) is 0.680. The highest BCUT2D eigenvalue weighted by molar-refractivity contribution is 5.95. The van der Waals surface area contributed by atoms with Crippen molar-refractivity contribution < 1.29 is 9.90 Å². The molecule has 1 N–H and O–H groups in total. The van der Waals surface area contributed by atoms with Gasteiger partial charge in [0.25, 0.3) is 0 Å². The number of carbonyl (C=O) groups excluding carboxylic acids is 1. The van der Waals surface area contributed by atoms with E-state index in [1.807, 2.05) is 6.08 Å². The van der Waals surface area contributed by atoms with Gasteiger partial charge in [0.05, 0.1) is 0 Å². The average molecular weight is 404 g/mol. The lowest BCUT2D eigenvalue weighted by Crippen LogP contribution is -2.12. The maximum absolute atomic E-state index is 11.7. The number of pyridine rings is 1. The molecule has 0 aliphatic rings. The van der Waals surface area contributed by atoms with E-state index in [0.717, 1.165) is 12.8 Å². The highest BCUT2D eigenvalue weighted by atomic mass is 16.3. The fourth-order valence-electron chi connectivity index (χ4n) is 3.66. The molecule has 0 aromatic carbocycles. The molecule has 4 nitrogen and oxygen atoms in total. The quantitative estimate of drug-likeness (QED) is 0.223. The molecule has 29 heavy (non-hydrogen) atoms. The van der Waals surface area contributed by atoms with Gasteiger partial charge in [0.2, 0.25) is 5.43 Å². The summed E-state index contributed by atoms with van der Waals surface area (Å²) in [7, 11) is 0. The number of hydrogen-bond donors (Lipinski definition) is 1. The summed E-state index contributed by atoms with van der Waals surface area (Å²) in [6, 6.07) is 1.28. The van der Waals surface area contributed by atoms with Crippen LogP contribution in [0.2, 0.25) is 0 Å². The largest absolute Gasteiger partial charge is 0.503 e. The van der Waals surface area contributed by atoms with Gasteiger partial charge in [0.1, 0.15) is 5.69 Å². The molecule has 0 fully saturated rings. The lowest BCUT2D eigenvalue weighted by molar-refractivity contribution is 0.100. The van der Waals surface area contributed by atoms with Crippen molar-refractivity contribution in [2.24, 2.45) is 0 Å². The van der Waals surface area contributed by atoms with Crippen molar-refractivity contribution in [1.82, 2.24) is 4.57 Å². The molecule has 0 radical (unpaired) electrons. The van der Waals surface area contributed by atoms with Gasteiger partial charge in [0, 0.05) is 25.4 Å². The average Bonchev–Trinajstić information content (AvgIpc) is 2.70. The van der Waals surface area contributed by atoms with Gasteiger partial charge in [-0.1, -0.05) is 96.5 Å². The molecule has 0 aliphatic heterocycles. The van der Waals surface area contributed by atoms with Gasteiger partial charge in [-0.2, -0.15) is 0 Å². The fourth-order valence-corrected chi connectivity index (χ4v) is 3.66. The molecule has 164 valence electrons. The molecule has 1 aromatic rings. The van der Waals surface area contributed by atoms with Crippen molar-refractivity contribution in [3.8, 4) is 5.75 Å². The van der Waals surface area contributed by atoms with Crippen LogP contribution in [0.3, 0.4) is 0 Å². The number of nitrogens with zero attached hydrogens (tertiary/aromatic N) is 1. The van der Waals surface area contributed by atoms with Crippen LogP contribution in [0.15, 0.2) is 23.1 Å². The third-order valence-electron chi connectivity index (χ3n) is 5.43. The molecule has 1 aromatic heterocycles. The minimum atomic E-state index is -0.521.